The van der Waals surface area contributed by atoms with Gasteiger partial charge in [0.15, 0.2) is 10.8 Å². The fourth-order valence-corrected chi connectivity index (χ4v) is 2.42. The number of rotatable bonds is 4. The topological polar surface area (TPSA) is 69.7 Å². The van der Waals surface area contributed by atoms with Gasteiger partial charge in [-0.25, -0.2) is 9.78 Å². The highest BCUT2D eigenvalue weighted by Gasteiger charge is 2.18. The highest BCUT2D eigenvalue weighted by Crippen LogP contribution is 2.22. The quantitative estimate of drug-likeness (QED) is 0.827. The molecule has 1 aromatic heterocycles. The molecule has 0 amide bonds. The second-order valence-electron chi connectivity index (χ2n) is 3.86. The van der Waals surface area contributed by atoms with Crippen molar-refractivity contribution in [1.82, 2.24) is 4.98 Å². The van der Waals surface area contributed by atoms with Crippen LogP contribution in [0.4, 0.5) is 5.13 Å². The number of aromatic nitrogens is 1. The summed E-state index contributed by atoms with van der Waals surface area (Å²) in [7, 11) is 1.35. The van der Waals surface area contributed by atoms with Gasteiger partial charge in [0.1, 0.15) is 0 Å². The molecule has 1 fully saturated rings. The second kappa shape index (κ2) is 6.12. The summed E-state index contributed by atoms with van der Waals surface area (Å²) < 4.78 is 15.5. The van der Waals surface area contributed by atoms with Gasteiger partial charge in [-0.15, -0.1) is 11.3 Å². The number of nitrogens with zero attached hydrogens (tertiary/aromatic N) is 1. The monoisotopic (exact) mass is 272 g/mol. The van der Waals surface area contributed by atoms with Crippen LogP contribution in [-0.4, -0.2) is 50.5 Å². The van der Waals surface area contributed by atoms with Crippen LogP contribution in [0.2, 0.25) is 0 Å². The van der Waals surface area contributed by atoms with Gasteiger partial charge in [0.05, 0.1) is 33.0 Å². The van der Waals surface area contributed by atoms with Gasteiger partial charge in [-0.05, 0) is 6.92 Å². The number of thiazole rings is 1. The summed E-state index contributed by atoms with van der Waals surface area (Å²) >= 11 is 1.43. The molecule has 1 atom stereocenters. The van der Waals surface area contributed by atoms with Crippen molar-refractivity contribution in [2.45, 2.75) is 13.0 Å². The average molecular weight is 272 g/mol. The highest BCUT2D eigenvalue weighted by molar-refractivity contribution is 7.15. The van der Waals surface area contributed by atoms with Gasteiger partial charge in [0, 0.05) is 11.4 Å². The van der Waals surface area contributed by atoms with Crippen LogP contribution in [0.15, 0.2) is 0 Å². The zero-order valence-corrected chi connectivity index (χ0v) is 11.2. The van der Waals surface area contributed by atoms with Crippen molar-refractivity contribution in [3.8, 4) is 0 Å². The van der Waals surface area contributed by atoms with Gasteiger partial charge < -0.3 is 19.5 Å². The lowest BCUT2D eigenvalue weighted by molar-refractivity contribution is -0.0818. The van der Waals surface area contributed by atoms with Crippen molar-refractivity contribution in [3.63, 3.8) is 0 Å². The third kappa shape index (κ3) is 3.18. The lowest BCUT2D eigenvalue weighted by atomic mass is 10.3. The van der Waals surface area contributed by atoms with E-state index in [2.05, 4.69) is 15.0 Å². The van der Waals surface area contributed by atoms with E-state index in [0.717, 1.165) is 4.88 Å². The normalized spacial score (nSPS) is 19.6. The minimum absolute atomic E-state index is 0.0320. The molecule has 18 heavy (non-hydrogen) atoms. The van der Waals surface area contributed by atoms with E-state index in [1.807, 2.05) is 6.92 Å². The number of esters is 1. The zero-order chi connectivity index (χ0) is 13.0. The average Bonchev–Trinajstić information content (AvgIpc) is 2.78. The fourth-order valence-electron chi connectivity index (χ4n) is 1.61. The van der Waals surface area contributed by atoms with Crippen LogP contribution in [0, 0.1) is 6.92 Å². The van der Waals surface area contributed by atoms with Crippen molar-refractivity contribution in [2.24, 2.45) is 0 Å². The first-order chi connectivity index (χ1) is 8.70. The number of aryl methyl sites for hydroxylation is 1. The van der Waals surface area contributed by atoms with E-state index in [1.54, 1.807) is 0 Å². The number of methoxy groups -OCH3 is 1. The molecule has 0 aliphatic carbocycles. The lowest BCUT2D eigenvalue weighted by Gasteiger charge is -2.22. The van der Waals surface area contributed by atoms with Gasteiger partial charge in [-0.1, -0.05) is 0 Å². The van der Waals surface area contributed by atoms with E-state index >= 15 is 0 Å². The molecule has 0 saturated carbocycles. The Balaban J connectivity index is 1.91. The first kappa shape index (κ1) is 13.3. The standard InChI is InChI=1S/C11H16N2O4S/c1-7-9(10(14)15-2)13-11(18-7)12-5-8-6-16-3-4-17-8/h8H,3-6H2,1-2H3,(H,12,13). The molecule has 1 saturated heterocycles. The lowest BCUT2D eigenvalue weighted by Crippen LogP contribution is -2.34. The Morgan fingerprint density at radius 3 is 3.11 bits per heavy atom. The van der Waals surface area contributed by atoms with Gasteiger partial charge in [-0.3, -0.25) is 0 Å². The summed E-state index contributed by atoms with van der Waals surface area (Å²) in [4.78, 5) is 16.4. The summed E-state index contributed by atoms with van der Waals surface area (Å²) in [6.45, 7) is 4.32. The first-order valence-electron chi connectivity index (χ1n) is 5.69. The number of anilines is 1. The van der Waals surface area contributed by atoms with Crippen LogP contribution >= 0.6 is 11.3 Å². The number of hydrogen-bond acceptors (Lipinski definition) is 7. The van der Waals surface area contributed by atoms with Crippen LogP contribution in [0.1, 0.15) is 15.4 Å². The van der Waals surface area contributed by atoms with E-state index < -0.39 is 5.97 Å². The fraction of sp³-hybridized carbons (Fsp3) is 0.636. The third-order valence-corrected chi connectivity index (χ3v) is 3.47. The van der Waals surface area contributed by atoms with Crippen molar-refractivity contribution in [1.29, 1.82) is 0 Å². The van der Waals surface area contributed by atoms with Crippen molar-refractivity contribution in [2.75, 3.05) is 38.8 Å². The Morgan fingerprint density at radius 1 is 1.61 bits per heavy atom. The molecule has 1 aliphatic rings. The molecule has 1 unspecified atom stereocenters. The largest absolute Gasteiger partial charge is 0.464 e. The van der Waals surface area contributed by atoms with Crippen LogP contribution in [0.3, 0.4) is 0 Å². The summed E-state index contributed by atoms with van der Waals surface area (Å²) in [5.41, 5.74) is 0.366. The van der Waals surface area contributed by atoms with E-state index in [-0.39, 0.29) is 6.10 Å². The van der Waals surface area contributed by atoms with Crippen LogP contribution < -0.4 is 5.32 Å². The molecule has 2 heterocycles. The second-order valence-corrected chi connectivity index (χ2v) is 5.07. The molecule has 0 radical (unpaired) electrons. The Morgan fingerprint density at radius 2 is 2.44 bits per heavy atom. The molecule has 0 spiro atoms. The smallest absolute Gasteiger partial charge is 0.357 e. The maximum atomic E-state index is 11.4. The number of ether oxygens (including phenoxy) is 3. The zero-order valence-electron chi connectivity index (χ0n) is 10.4. The first-order valence-corrected chi connectivity index (χ1v) is 6.51. The van der Waals surface area contributed by atoms with Crippen LogP contribution in [0.5, 0.6) is 0 Å². The molecular weight excluding hydrogens is 256 g/mol. The van der Waals surface area contributed by atoms with Crippen molar-refractivity contribution < 1.29 is 19.0 Å². The summed E-state index contributed by atoms with van der Waals surface area (Å²) in [6, 6.07) is 0. The molecule has 1 N–H and O–H groups in total. The maximum absolute atomic E-state index is 11.4. The van der Waals surface area contributed by atoms with E-state index in [1.165, 1.54) is 18.4 Å². The van der Waals surface area contributed by atoms with E-state index in [0.29, 0.717) is 37.2 Å². The predicted octanol–water partition coefficient (Wildman–Crippen LogP) is 1.07. The van der Waals surface area contributed by atoms with Gasteiger partial charge >= 0.3 is 5.97 Å². The van der Waals surface area contributed by atoms with Gasteiger partial charge in [0.2, 0.25) is 0 Å². The SMILES string of the molecule is COC(=O)c1nc(NCC2COCCO2)sc1C. The third-order valence-electron chi connectivity index (χ3n) is 2.54. The van der Waals surface area contributed by atoms with E-state index in [4.69, 9.17) is 9.47 Å². The molecule has 100 valence electrons. The Labute approximate surface area is 109 Å². The van der Waals surface area contributed by atoms with Crippen molar-refractivity contribution >= 4 is 22.4 Å². The van der Waals surface area contributed by atoms with E-state index in [9.17, 15) is 4.79 Å². The Hall–Kier alpha value is -1.18. The molecule has 1 aliphatic heterocycles. The van der Waals surface area contributed by atoms with Gasteiger partial charge in [-0.2, -0.15) is 0 Å². The molecule has 7 heteroatoms. The number of hydrogen-bond donors (Lipinski definition) is 1. The molecule has 0 bridgehead atoms. The predicted molar refractivity (Wildman–Crippen MR) is 67.2 cm³/mol. The minimum atomic E-state index is -0.408. The van der Waals surface area contributed by atoms with Gasteiger partial charge in [0.25, 0.3) is 0 Å². The summed E-state index contributed by atoms with van der Waals surface area (Å²) in [5.74, 6) is -0.408. The van der Waals surface area contributed by atoms with Crippen molar-refractivity contribution in [3.05, 3.63) is 10.6 Å². The Kier molecular flexibility index (Phi) is 4.51. The van der Waals surface area contributed by atoms with Crippen LogP contribution in [-0.2, 0) is 14.2 Å². The molecule has 1 aromatic rings. The number of nitrogens with one attached hydrogen (secondary N) is 1. The summed E-state index contributed by atoms with van der Waals surface area (Å²) in [5, 5.41) is 3.85. The van der Waals surface area contributed by atoms with Crippen LogP contribution in [0.25, 0.3) is 0 Å². The molecule has 2 rings (SSSR count). The minimum Gasteiger partial charge on any atom is -0.464 e. The summed E-state index contributed by atoms with van der Waals surface area (Å²) in [6.07, 6.45) is 0.0320. The number of carbonyl (C=O) groups excluding carboxylic acids is 1. The molecule has 0 aromatic carbocycles. The number of carbonyl (C=O) groups is 1. The highest BCUT2D eigenvalue weighted by atomic mass is 32.1. The molecular formula is C11H16N2O4S. The maximum Gasteiger partial charge on any atom is 0.357 e. The Bertz CT molecular complexity index is 415. The molecule has 6 nitrogen and oxygen atoms in total.